The zero-order valence-electron chi connectivity index (χ0n) is 13.0. The number of hydrogen-bond acceptors (Lipinski definition) is 3. The van der Waals surface area contributed by atoms with Crippen LogP contribution in [-0.4, -0.2) is 35.6 Å². The van der Waals surface area contributed by atoms with Gasteiger partial charge in [-0.2, -0.15) is 0 Å². The van der Waals surface area contributed by atoms with Crippen molar-refractivity contribution >= 4 is 17.2 Å². The number of nitrogens with two attached hydrogens (primary N) is 1. The second-order valence-electron chi connectivity index (χ2n) is 6.21. The van der Waals surface area contributed by atoms with Crippen molar-refractivity contribution in [2.45, 2.75) is 39.2 Å². The van der Waals surface area contributed by atoms with Crippen molar-refractivity contribution in [3.05, 3.63) is 29.8 Å². The van der Waals surface area contributed by atoms with E-state index in [4.69, 9.17) is 22.7 Å². The highest BCUT2D eigenvalue weighted by atomic mass is 32.1. The number of rotatable bonds is 9. The molecule has 3 nitrogen and oxygen atoms in total. The smallest absolute Gasteiger partial charge is 0.119 e. The summed E-state index contributed by atoms with van der Waals surface area (Å²) in [7, 11) is 0. The molecule has 0 amide bonds. The predicted molar refractivity (Wildman–Crippen MR) is 91.9 cm³/mol. The molecule has 2 N–H and O–H groups in total. The molecule has 21 heavy (non-hydrogen) atoms. The van der Waals surface area contributed by atoms with Crippen LogP contribution in [0.3, 0.4) is 0 Å². The van der Waals surface area contributed by atoms with Crippen LogP contribution in [0, 0.1) is 5.92 Å². The van der Waals surface area contributed by atoms with Gasteiger partial charge in [-0.25, -0.2) is 0 Å². The van der Waals surface area contributed by atoms with Gasteiger partial charge in [0.15, 0.2) is 0 Å². The molecule has 1 aromatic carbocycles. The number of benzene rings is 1. The van der Waals surface area contributed by atoms with Crippen molar-refractivity contribution in [3.8, 4) is 5.75 Å². The van der Waals surface area contributed by atoms with Gasteiger partial charge in [0.05, 0.1) is 6.61 Å². The van der Waals surface area contributed by atoms with Crippen molar-refractivity contribution in [3.63, 3.8) is 0 Å². The van der Waals surface area contributed by atoms with E-state index in [-0.39, 0.29) is 0 Å². The molecule has 0 saturated heterocycles. The Morgan fingerprint density at radius 2 is 2.00 bits per heavy atom. The lowest BCUT2D eigenvalue weighted by Crippen LogP contribution is -2.31. The van der Waals surface area contributed by atoms with Gasteiger partial charge in [-0.15, -0.1) is 0 Å². The second kappa shape index (κ2) is 7.76. The van der Waals surface area contributed by atoms with Crippen molar-refractivity contribution in [1.82, 2.24) is 4.90 Å². The molecule has 0 radical (unpaired) electrons. The first-order chi connectivity index (χ1) is 10.1. The maximum absolute atomic E-state index is 5.79. The molecule has 0 atom stereocenters. The predicted octanol–water partition coefficient (Wildman–Crippen LogP) is 3.21. The van der Waals surface area contributed by atoms with E-state index in [9.17, 15) is 0 Å². The van der Waals surface area contributed by atoms with Gasteiger partial charge in [-0.05, 0) is 49.4 Å². The van der Waals surface area contributed by atoms with Crippen LogP contribution >= 0.6 is 12.2 Å². The van der Waals surface area contributed by atoms with Crippen LogP contribution < -0.4 is 10.5 Å². The highest BCUT2D eigenvalue weighted by Crippen LogP contribution is 2.27. The molecule has 2 rings (SSSR count). The molecule has 1 fully saturated rings. The topological polar surface area (TPSA) is 38.5 Å². The van der Waals surface area contributed by atoms with E-state index in [0.717, 1.165) is 42.8 Å². The number of thiocarbonyl (C=S) groups is 1. The molecule has 0 aliphatic heterocycles. The lowest BCUT2D eigenvalue weighted by Gasteiger charge is -2.23. The Morgan fingerprint density at radius 1 is 1.33 bits per heavy atom. The van der Waals surface area contributed by atoms with Crippen molar-refractivity contribution in [2.75, 3.05) is 19.7 Å². The highest BCUT2D eigenvalue weighted by Gasteiger charge is 2.28. The third-order valence-electron chi connectivity index (χ3n) is 3.66. The minimum atomic E-state index is 0.426. The van der Waals surface area contributed by atoms with Gasteiger partial charge in [-0.3, -0.25) is 0 Å². The Hall–Kier alpha value is -1.13. The SMILES string of the molecule is CC(C)CN(CCCOc1ccc(C(N)=S)cc1)C1CC1. The van der Waals surface area contributed by atoms with E-state index >= 15 is 0 Å². The first-order valence-corrected chi connectivity index (χ1v) is 8.24. The average Bonchev–Trinajstić information content (AvgIpc) is 3.27. The summed E-state index contributed by atoms with van der Waals surface area (Å²) in [5.41, 5.74) is 6.46. The average molecular weight is 306 g/mol. The van der Waals surface area contributed by atoms with Gasteiger partial charge in [0.2, 0.25) is 0 Å². The number of ether oxygens (including phenoxy) is 1. The van der Waals surface area contributed by atoms with Gasteiger partial charge in [0.25, 0.3) is 0 Å². The Kier molecular flexibility index (Phi) is 6.00. The van der Waals surface area contributed by atoms with E-state index in [1.165, 1.54) is 19.4 Å². The quantitative estimate of drug-likeness (QED) is 0.561. The molecular formula is C17H26N2OS. The lowest BCUT2D eigenvalue weighted by atomic mass is 10.2. The molecule has 0 spiro atoms. The zero-order valence-corrected chi connectivity index (χ0v) is 13.9. The van der Waals surface area contributed by atoms with E-state index in [1.54, 1.807) is 0 Å². The fourth-order valence-electron chi connectivity index (χ4n) is 2.50. The van der Waals surface area contributed by atoms with E-state index in [2.05, 4.69) is 18.7 Å². The van der Waals surface area contributed by atoms with Crippen LogP contribution in [-0.2, 0) is 0 Å². The molecule has 0 bridgehead atoms. The first kappa shape index (κ1) is 16.2. The van der Waals surface area contributed by atoms with Gasteiger partial charge in [0, 0.05) is 24.7 Å². The summed E-state index contributed by atoms with van der Waals surface area (Å²) in [6.45, 7) is 7.67. The van der Waals surface area contributed by atoms with Crippen LogP contribution in [0.5, 0.6) is 5.75 Å². The van der Waals surface area contributed by atoms with Gasteiger partial charge in [0.1, 0.15) is 10.7 Å². The summed E-state index contributed by atoms with van der Waals surface area (Å²) in [6, 6.07) is 8.51. The van der Waals surface area contributed by atoms with Crippen molar-refractivity contribution in [1.29, 1.82) is 0 Å². The summed E-state index contributed by atoms with van der Waals surface area (Å²) >= 11 is 4.94. The summed E-state index contributed by atoms with van der Waals surface area (Å²) in [6.07, 6.45) is 3.81. The van der Waals surface area contributed by atoms with Crippen molar-refractivity contribution in [2.24, 2.45) is 11.7 Å². The molecule has 0 unspecified atom stereocenters. The molecule has 116 valence electrons. The van der Waals surface area contributed by atoms with Gasteiger partial charge >= 0.3 is 0 Å². The van der Waals surface area contributed by atoms with Crippen LogP contribution in [0.1, 0.15) is 38.7 Å². The Morgan fingerprint density at radius 3 is 2.52 bits per heavy atom. The summed E-state index contributed by atoms with van der Waals surface area (Å²) < 4.78 is 5.79. The molecule has 1 saturated carbocycles. The Balaban J connectivity index is 1.69. The molecule has 1 aliphatic rings. The third kappa shape index (κ3) is 5.64. The molecular weight excluding hydrogens is 280 g/mol. The van der Waals surface area contributed by atoms with Crippen LogP contribution in [0.4, 0.5) is 0 Å². The maximum Gasteiger partial charge on any atom is 0.119 e. The Labute approximate surface area is 133 Å². The second-order valence-corrected chi connectivity index (χ2v) is 6.65. The monoisotopic (exact) mass is 306 g/mol. The fourth-order valence-corrected chi connectivity index (χ4v) is 2.64. The molecule has 0 heterocycles. The maximum atomic E-state index is 5.79. The summed E-state index contributed by atoms with van der Waals surface area (Å²) in [4.78, 5) is 3.04. The lowest BCUT2D eigenvalue weighted by molar-refractivity contribution is 0.208. The van der Waals surface area contributed by atoms with Gasteiger partial charge < -0.3 is 15.4 Å². The minimum absolute atomic E-state index is 0.426. The molecule has 1 aliphatic carbocycles. The highest BCUT2D eigenvalue weighted by molar-refractivity contribution is 7.80. The minimum Gasteiger partial charge on any atom is -0.494 e. The van der Waals surface area contributed by atoms with E-state index < -0.39 is 0 Å². The van der Waals surface area contributed by atoms with Crippen molar-refractivity contribution < 1.29 is 4.74 Å². The standard InChI is InChI=1S/C17H26N2OS/c1-13(2)12-19(15-6-7-15)10-3-11-20-16-8-4-14(5-9-16)17(18)21/h4-5,8-9,13,15H,3,6-7,10-12H2,1-2H3,(H2,18,21). The number of hydrogen-bond donors (Lipinski definition) is 1. The summed E-state index contributed by atoms with van der Waals surface area (Å²) in [5, 5.41) is 0. The van der Waals surface area contributed by atoms with Crippen LogP contribution in [0.25, 0.3) is 0 Å². The zero-order chi connectivity index (χ0) is 15.2. The first-order valence-electron chi connectivity index (χ1n) is 7.83. The van der Waals surface area contributed by atoms with Crippen LogP contribution in [0.2, 0.25) is 0 Å². The van der Waals surface area contributed by atoms with Gasteiger partial charge in [-0.1, -0.05) is 26.1 Å². The largest absolute Gasteiger partial charge is 0.494 e. The number of nitrogens with zero attached hydrogens (tertiary/aromatic N) is 1. The molecule has 1 aromatic rings. The molecule has 0 aromatic heterocycles. The van der Waals surface area contributed by atoms with E-state index in [0.29, 0.717) is 4.99 Å². The fraction of sp³-hybridized carbons (Fsp3) is 0.588. The third-order valence-corrected chi connectivity index (χ3v) is 3.90. The summed E-state index contributed by atoms with van der Waals surface area (Å²) in [5.74, 6) is 1.62. The van der Waals surface area contributed by atoms with E-state index in [1.807, 2.05) is 24.3 Å². The molecule has 4 heteroatoms. The normalized spacial score (nSPS) is 14.7. The Bertz CT molecular complexity index is 454. The van der Waals surface area contributed by atoms with Crippen LogP contribution in [0.15, 0.2) is 24.3 Å².